The summed E-state index contributed by atoms with van der Waals surface area (Å²) in [5.74, 6) is 1.22. The SMILES string of the molecule is CCSc1nnc(NC(=O)c2ccc(S(=O)(=O)N3C[C@H](C)C[C@H](C)C3)cc2)s1. The number of rotatable bonds is 6. The molecule has 7 nitrogen and oxygen atoms in total. The molecule has 0 radical (unpaired) electrons. The van der Waals surface area contributed by atoms with Crippen molar-refractivity contribution in [3.63, 3.8) is 0 Å². The van der Waals surface area contributed by atoms with Crippen LogP contribution in [0, 0.1) is 11.8 Å². The van der Waals surface area contributed by atoms with Crippen LogP contribution in [0.25, 0.3) is 0 Å². The summed E-state index contributed by atoms with van der Waals surface area (Å²) in [6, 6.07) is 6.04. The van der Waals surface area contributed by atoms with Gasteiger partial charge in [0.1, 0.15) is 0 Å². The van der Waals surface area contributed by atoms with Crippen molar-refractivity contribution in [2.75, 3.05) is 24.2 Å². The maximum atomic E-state index is 12.9. The van der Waals surface area contributed by atoms with Crippen molar-refractivity contribution < 1.29 is 13.2 Å². The van der Waals surface area contributed by atoms with Crippen LogP contribution < -0.4 is 5.32 Å². The summed E-state index contributed by atoms with van der Waals surface area (Å²) in [5, 5.41) is 11.1. The van der Waals surface area contributed by atoms with Crippen LogP contribution in [-0.4, -0.2) is 47.7 Å². The molecule has 1 aliphatic heterocycles. The Morgan fingerprint density at radius 1 is 1.21 bits per heavy atom. The standard InChI is InChI=1S/C18H24N4O3S3/c1-4-26-18-21-20-17(27-18)19-16(23)14-5-7-15(8-6-14)28(24,25)22-10-12(2)9-13(3)11-22/h5-8,12-13H,4,9-11H2,1-3H3,(H,19,20,23)/t12-,13+. The van der Waals surface area contributed by atoms with Crippen molar-refractivity contribution in [2.45, 2.75) is 36.4 Å². The highest BCUT2D eigenvalue weighted by Gasteiger charge is 2.31. The summed E-state index contributed by atoms with van der Waals surface area (Å²) in [4.78, 5) is 12.6. The Morgan fingerprint density at radius 2 is 1.86 bits per heavy atom. The number of hydrogen-bond donors (Lipinski definition) is 1. The predicted molar refractivity (Wildman–Crippen MR) is 112 cm³/mol. The Hall–Kier alpha value is -1.49. The number of anilines is 1. The molecular formula is C18H24N4O3S3. The van der Waals surface area contributed by atoms with Gasteiger partial charge < -0.3 is 0 Å². The van der Waals surface area contributed by atoms with Gasteiger partial charge in [-0.25, -0.2) is 8.42 Å². The zero-order valence-corrected chi connectivity index (χ0v) is 18.5. The molecule has 28 heavy (non-hydrogen) atoms. The van der Waals surface area contributed by atoms with Gasteiger partial charge in [-0.1, -0.05) is 43.9 Å². The molecule has 0 spiro atoms. The third-order valence-electron chi connectivity index (χ3n) is 4.48. The molecule has 2 atom stereocenters. The van der Waals surface area contributed by atoms with E-state index in [9.17, 15) is 13.2 Å². The van der Waals surface area contributed by atoms with E-state index in [0.29, 0.717) is 35.6 Å². The molecule has 1 saturated heterocycles. The highest BCUT2D eigenvalue weighted by atomic mass is 32.2. The highest BCUT2D eigenvalue weighted by Crippen LogP contribution is 2.27. The highest BCUT2D eigenvalue weighted by molar-refractivity contribution is 8.01. The number of nitrogens with zero attached hydrogens (tertiary/aromatic N) is 3. The van der Waals surface area contributed by atoms with E-state index in [1.54, 1.807) is 16.1 Å². The van der Waals surface area contributed by atoms with Gasteiger partial charge in [0, 0.05) is 18.7 Å². The first-order valence-electron chi connectivity index (χ1n) is 9.17. The van der Waals surface area contributed by atoms with Crippen molar-refractivity contribution in [3.05, 3.63) is 29.8 Å². The number of carbonyl (C=O) groups is 1. The average Bonchev–Trinajstić information content (AvgIpc) is 3.08. The Bertz CT molecular complexity index is 918. The summed E-state index contributed by atoms with van der Waals surface area (Å²) in [7, 11) is -3.55. The lowest BCUT2D eigenvalue weighted by atomic mass is 9.94. The summed E-state index contributed by atoms with van der Waals surface area (Å²) in [6.07, 6.45) is 1.04. The number of thioether (sulfide) groups is 1. The summed E-state index contributed by atoms with van der Waals surface area (Å²) in [5.41, 5.74) is 0.374. The Morgan fingerprint density at radius 3 is 2.46 bits per heavy atom. The molecule has 1 aromatic heterocycles. The largest absolute Gasteiger partial charge is 0.296 e. The molecule has 1 amide bonds. The summed E-state index contributed by atoms with van der Waals surface area (Å²) in [6.45, 7) is 7.23. The number of amides is 1. The van der Waals surface area contributed by atoms with Crippen molar-refractivity contribution in [1.29, 1.82) is 0 Å². The molecular weight excluding hydrogens is 416 g/mol. The minimum atomic E-state index is -3.55. The van der Waals surface area contributed by atoms with Crippen molar-refractivity contribution in [1.82, 2.24) is 14.5 Å². The number of hydrogen-bond acceptors (Lipinski definition) is 7. The third kappa shape index (κ3) is 4.91. The molecule has 1 fully saturated rings. The van der Waals surface area contributed by atoms with Crippen LogP contribution in [0.4, 0.5) is 5.13 Å². The van der Waals surface area contributed by atoms with Crippen LogP contribution in [0.2, 0.25) is 0 Å². The van der Waals surface area contributed by atoms with Crippen LogP contribution in [0.3, 0.4) is 0 Å². The molecule has 0 saturated carbocycles. The number of aromatic nitrogens is 2. The Balaban J connectivity index is 1.70. The van der Waals surface area contributed by atoms with Crippen LogP contribution in [0.5, 0.6) is 0 Å². The second-order valence-corrected chi connectivity index (χ2v) is 11.5. The zero-order chi connectivity index (χ0) is 20.3. The van der Waals surface area contributed by atoms with Gasteiger partial charge in [0.05, 0.1) is 4.90 Å². The molecule has 1 aliphatic rings. The fourth-order valence-electron chi connectivity index (χ4n) is 3.34. The molecule has 0 aliphatic carbocycles. The number of benzene rings is 1. The minimum Gasteiger partial charge on any atom is -0.296 e. The molecule has 1 aromatic carbocycles. The lowest BCUT2D eigenvalue weighted by Crippen LogP contribution is -2.42. The fraction of sp³-hybridized carbons (Fsp3) is 0.500. The molecule has 3 rings (SSSR count). The first-order chi connectivity index (χ1) is 13.3. The first-order valence-corrected chi connectivity index (χ1v) is 12.4. The van der Waals surface area contributed by atoms with Gasteiger partial charge in [-0.2, -0.15) is 4.31 Å². The van der Waals surface area contributed by atoms with E-state index in [1.165, 1.54) is 35.6 Å². The lowest BCUT2D eigenvalue weighted by molar-refractivity contribution is 0.102. The predicted octanol–water partition coefficient (Wildman–Crippen LogP) is 3.57. The first kappa shape index (κ1) is 21.2. The maximum Gasteiger partial charge on any atom is 0.257 e. The van der Waals surface area contributed by atoms with Crippen molar-refractivity contribution in [3.8, 4) is 0 Å². The van der Waals surface area contributed by atoms with Gasteiger partial charge in [0.15, 0.2) is 4.34 Å². The van der Waals surface area contributed by atoms with Crippen molar-refractivity contribution in [2.24, 2.45) is 11.8 Å². The normalized spacial score (nSPS) is 20.8. The smallest absolute Gasteiger partial charge is 0.257 e. The molecule has 1 N–H and O–H groups in total. The second-order valence-electron chi connectivity index (χ2n) is 7.05. The van der Waals surface area contributed by atoms with E-state index < -0.39 is 10.0 Å². The van der Waals surface area contributed by atoms with Gasteiger partial charge >= 0.3 is 0 Å². The lowest BCUT2D eigenvalue weighted by Gasteiger charge is -2.34. The minimum absolute atomic E-state index is 0.211. The molecule has 0 bridgehead atoms. The van der Waals surface area contributed by atoms with E-state index >= 15 is 0 Å². The van der Waals surface area contributed by atoms with Crippen LogP contribution in [0.15, 0.2) is 33.5 Å². The van der Waals surface area contributed by atoms with Gasteiger partial charge in [-0.05, 0) is 48.3 Å². The number of carbonyl (C=O) groups excluding carboxylic acids is 1. The Kier molecular flexibility index (Phi) is 6.74. The van der Waals surface area contributed by atoms with E-state index in [1.807, 2.05) is 6.92 Å². The number of nitrogens with one attached hydrogen (secondary N) is 1. The second kappa shape index (κ2) is 8.89. The average molecular weight is 441 g/mol. The molecule has 2 aromatic rings. The van der Waals surface area contributed by atoms with Gasteiger partial charge in [-0.3, -0.25) is 10.1 Å². The van der Waals surface area contributed by atoms with E-state index in [2.05, 4.69) is 29.4 Å². The van der Waals surface area contributed by atoms with Gasteiger partial charge in [0.2, 0.25) is 15.2 Å². The quantitative estimate of drug-likeness (QED) is 0.545. The van der Waals surface area contributed by atoms with Crippen molar-refractivity contribution >= 4 is 44.2 Å². The third-order valence-corrected chi connectivity index (χ3v) is 8.18. The van der Waals surface area contributed by atoms with E-state index in [-0.39, 0.29) is 10.8 Å². The number of piperidine rings is 1. The monoisotopic (exact) mass is 440 g/mol. The topological polar surface area (TPSA) is 92.3 Å². The maximum absolute atomic E-state index is 12.9. The fourth-order valence-corrected chi connectivity index (χ4v) is 6.66. The molecule has 0 unspecified atom stereocenters. The number of sulfonamides is 1. The molecule has 10 heteroatoms. The van der Waals surface area contributed by atoms with Gasteiger partial charge in [-0.15, -0.1) is 10.2 Å². The molecule has 2 heterocycles. The van der Waals surface area contributed by atoms with Crippen LogP contribution in [-0.2, 0) is 10.0 Å². The Labute approximate surface area is 174 Å². The van der Waals surface area contributed by atoms with Crippen LogP contribution in [0.1, 0.15) is 37.6 Å². The van der Waals surface area contributed by atoms with E-state index in [4.69, 9.17) is 0 Å². The van der Waals surface area contributed by atoms with Gasteiger partial charge in [0.25, 0.3) is 5.91 Å². The summed E-state index contributed by atoms with van der Waals surface area (Å²) >= 11 is 2.87. The van der Waals surface area contributed by atoms with E-state index in [0.717, 1.165) is 16.5 Å². The molecule has 152 valence electrons. The zero-order valence-electron chi connectivity index (χ0n) is 16.1. The van der Waals surface area contributed by atoms with Crippen LogP contribution >= 0.6 is 23.1 Å². The summed E-state index contributed by atoms with van der Waals surface area (Å²) < 4.78 is 28.2.